The predicted molar refractivity (Wildman–Crippen MR) is 134 cm³/mol. The summed E-state index contributed by atoms with van der Waals surface area (Å²) in [5, 5.41) is 12.1. The van der Waals surface area contributed by atoms with Crippen molar-refractivity contribution in [3.8, 4) is 5.75 Å². The fourth-order valence-electron chi connectivity index (χ4n) is 4.51. The van der Waals surface area contributed by atoms with Crippen LogP contribution in [-0.4, -0.2) is 42.0 Å². The molecule has 0 bridgehead atoms. The van der Waals surface area contributed by atoms with Crippen LogP contribution in [0.4, 0.5) is 5.69 Å². The van der Waals surface area contributed by atoms with Crippen LogP contribution in [0.5, 0.6) is 5.75 Å². The lowest BCUT2D eigenvalue weighted by molar-refractivity contribution is -0.132. The van der Waals surface area contributed by atoms with E-state index in [0.717, 1.165) is 5.52 Å². The minimum Gasteiger partial charge on any atom is -0.507 e. The van der Waals surface area contributed by atoms with Gasteiger partial charge in [0.1, 0.15) is 11.5 Å². The van der Waals surface area contributed by atoms with Gasteiger partial charge in [0.05, 0.1) is 31.4 Å². The SMILES string of the molecule is COC(=O)c1cccc(N2C(=O)C(=O)/C(=C(\O)c3c[nH]c4ccccc34)C2c2ccc(OC)cc2)c1. The number of Topliss-reactive ketones (excluding diaryl/α,β-unsaturated/α-hetero) is 1. The number of benzene rings is 3. The number of aliphatic hydroxyl groups excluding tert-OH is 1. The number of aliphatic hydroxyl groups is 1. The number of rotatable bonds is 5. The Morgan fingerprint density at radius 2 is 1.72 bits per heavy atom. The van der Waals surface area contributed by atoms with Crippen molar-refractivity contribution < 1.29 is 29.0 Å². The van der Waals surface area contributed by atoms with Crippen molar-refractivity contribution in [3.63, 3.8) is 0 Å². The molecule has 5 rings (SSSR count). The molecular formula is C28H22N2O6. The first-order valence-electron chi connectivity index (χ1n) is 11.1. The van der Waals surface area contributed by atoms with Crippen LogP contribution >= 0.6 is 0 Å². The Kier molecular flexibility index (Phi) is 5.77. The zero-order valence-electron chi connectivity index (χ0n) is 19.5. The summed E-state index contributed by atoms with van der Waals surface area (Å²) >= 11 is 0. The number of anilines is 1. The van der Waals surface area contributed by atoms with Crippen LogP contribution in [-0.2, 0) is 14.3 Å². The molecule has 1 fully saturated rings. The summed E-state index contributed by atoms with van der Waals surface area (Å²) in [6.07, 6.45) is 1.61. The van der Waals surface area contributed by atoms with Gasteiger partial charge in [-0.05, 0) is 42.0 Å². The summed E-state index contributed by atoms with van der Waals surface area (Å²) in [6.45, 7) is 0. The Labute approximate surface area is 206 Å². The number of nitrogens with zero attached hydrogens (tertiary/aromatic N) is 1. The summed E-state index contributed by atoms with van der Waals surface area (Å²) in [7, 11) is 2.80. The number of carbonyl (C=O) groups excluding carboxylic acids is 3. The Morgan fingerprint density at radius 1 is 0.972 bits per heavy atom. The highest BCUT2D eigenvalue weighted by Crippen LogP contribution is 2.43. The second-order valence-electron chi connectivity index (χ2n) is 8.23. The number of fused-ring (bicyclic) bond motifs is 1. The van der Waals surface area contributed by atoms with Gasteiger partial charge in [0.25, 0.3) is 11.7 Å². The minimum absolute atomic E-state index is 0.0570. The number of aromatic amines is 1. The second-order valence-corrected chi connectivity index (χ2v) is 8.23. The van der Waals surface area contributed by atoms with Gasteiger partial charge in [-0.25, -0.2) is 4.79 Å². The van der Waals surface area contributed by atoms with Crippen molar-refractivity contribution in [1.29, 1.82) is 0 Å². The van der Waals surface area contributed by atoms with Crippen molar-refractivity contribution in [2.24, 2.45) is 0 Å². The van der Waals surface area contributed by atoms with Gasteiger partial charge in [-0.1, -0.05) is 36.4 Å². The number of ketones is 1. The van der Waals surface area contributed by atoms with E-state index in [1.807, 2.05) is 24.3 Å². The molecule has 1 aromatic heterocycles. The summed E-state index contributed by atoms with van der Waals surface area (Å²) in [6, 6.07) is 19.6. The lowest BCUT2D eigenvalue weighted by Gasteiger charge is -2.26. The van der Waals surface area contributed by atoms with Crippen molar-refractivity contribution in [2.75, 3.05) is 19.1 Å². The van der Waals surface area contributed by atoms with Gasteiger partial charge in [0, 0.05) is 28.4 Å². The number of nitrogens with one attached hydrogen (secondary N) is 1. The van der Waals surface area contributed by atoms with Crippen LogP contribution < -0.4 is 9.64 Å². The normalized spacial score (nSPS) is 16.9. The van der Waals surface area contributed by atoms with Gasteiger partial charge < -0.3 is 19.6 Å². The van der Waals surface area contributed by atoms with E-state index in [2.05, 4.69) is 4.98 Å². The first kappa shape index (κ1) is 22.9. The largest absolute Gasteiger partial charge is 0.507 e. The van der Waals surface area contributed by atoms with Crippen molar-refractivity contribution >= 4 is 40.0 Å². The smallest absolute Gasteiger partial charge is 0.337 e. The molecule has 0 radical (unpaired) electrons. The molecule has 0 spiro atoms. The summed E-state index contributed by atoms with van der Waals surface area (Å²) in [5.41, 5.74) is 2.25. The van der Waals surface area contributed by atoms with Crippen LogP contribution in [0, 0.1) is 0 Å². The van der Waals surface area contributed by atoms with E-state index in [-0.39, 0.29) is 16.9 Å². The molecule has 1 aliphatic heterocycles. The van der Waals surface area contributed by atoms with E-state index >= 15 is 0 Å². The summed E-state index contributed by atoms with van der Waals surface area (Å²) < 4.78 is 10.1. The Bertz CT molecular complexity index is 1530. The van der Waals surface area contributed by atoms with Gasteiger partial charge in [-0.3, -0.25) is 14.5 Å². The number of hydrogen-bond donors (Lipinski definition) is 2. The highest BCUT2D eigenvalue weighted by molar-refractivity contribution is 6.51. The summed E-state index contributed by atoms with van der Waals surface area (Å²) in [5.74, 6) is -1.92. The number of hydrogen-bond acceptors (Lipinski definition) is 6. The van der Waals surface area contributed by atoms with Crippen LogP contribution in [0.25, 0.3) is 16.7 Å². The zero-order chi connectivity index (χ0) is 25.4. The number of carbonyl (C=O) groups is 3. The van der Waals surface area contributed by atoms with Gasteiger partial charge in [-0.15, -0.1) is 0 Å². The van der Waals surface area contributed by atoms with Crippen LogP contribution in [0.1, 0.15) is 27.5 Å². The number of H-pyrrole nitrogens is 1. The molecule has 180 valence electrons. The van der Waals surface area contributed by atoms with Crippen LogP contribution in [0.15, 0.2) is 84.6 Å². The van der Waals surface area contributed by atoms with E-state index in [4.69, 9.17) is 9.47 Å². The Balaban J connectivity index is 1.73. The average molecular weight is 482 g/mol. The van der Waals surface area contributed by atoms with E-state index in [1.54, 1.807) is 48.7 Å². The molecular weight excluding hydrogens is 460 g/mol. The van der Waals surface area contributed by atoms with E-state index in [9.17, 15) is 19.5 Å². The number of ether oxygens (including phenoxy) is 2. The highest BCUT2D eigenvalue weighted by atomic mass is 16.5. The maximum absolute atomic E-state index is 13.4. The van der Waals surface area contributed by atoms with Gasteiger partial charge in [0.2, 0.25) is 0 Å². The number of para-hydroxylation sites is 1. The maximum Gasteiger partial charge on any atom is 0.337 e. The van der Waals surface area contributed by atoms with Gasteiger partial charge >= 0.3 is 5.97 Å². The van der Waals surface area contributed by atoms with Crippen molar-refractivity contribution in [1.82, 2.24) is 4.98 Å². The molecule has 0 saturated carbocycles. The molecule has 1 saturated heterocycles. The van der Waals surface area contributed by atoms with E-state index in [1.165, 1.54) is 25.2 Å². The molecule has 4 aromatic rings. The Hall–Kier alpha value is -4.85. The van der Waals surface area contributed by atoms with Gasteiger partial charge in [-0.2, -0.15) is 0 Å². The average Bonchev–Trinajstić information content (AvgIpc) is 3.47. The second kappa shape index (κ2) is 9.07. The van der Waals surface area contributed by atoms with Crippen LogP contribution in [0.2, 0.25) is 0 Å². The maximum atomic E-state index is 13.4. The topological polar surface area (TPSA) is 109 Å². The number of esters is 1. The van der Waals surface area contributed by atoms with Gasteiger partial charge in [0.15, 0.2) is 0 Å². The molecule has 1 aliphatic rings. The first-order chi connectivity index (χ1) is 17.4. The Morgan fingerprint density at radius 3 is 2.44 bits per heavy atom. The van der Waals surface area contributed by atoms with E-state index in [0.29, 0.717) is 28.0 Å². The van der Waals surface area contributed by atoms with Crippen molar-refractivity contribution in [3.05, 3.63) is 101 Å². The third-order valence-electron chi connectivity index (χ3n) is 6.27. The molecule has 0 aliphatic carbocycles. The standard InChI is InChI=1S/C28H22N2O6/c1-35-19-12-10-16(11-13-19)24-23(25(31)21-15-29-22-9-4-3-8-20(21)22)26(32)27(33)30(24)18-7-5-6-17(14-18)28(34)36-2/h3-15,24,29,31H,1-2H3/b25-23-. The third-order valence-corrected chi connectivity index (χ3v) is 6.27. The molecule has 8 heteroatoms. The number of methoxy groups -OCH3 is 2. The fourth-order valence-corrected chi connectivity index (χ4v) is 4.51. The number of amides is 1. The molecule has 1 atom stereocenters. The fraction of sp³-hybridized carbons (Fsp3) is 0.107. The number of aromatic nitrogens is 1. The molecule has 2 heterocycles. The molecule has 1 unspecified atom stereocenters. The van der Waals surface area contributed by atoms with Crippen LogP contribution in [0.3, 0.4) is 0 Å². The molecule has 36 heavy (non-hydrogen) atoms. The quantitative estimate of drug-likeness (QED) is 0.186. The lowest BCUT2D eigenvalue weighted by atomic mass is 9.95. The minimum atomic E-state index is -0.947. The molecule has 3 aromatic carbocycles. The highest BCUT2D eigenvalue weighted by Gasteiger charge is 2.47. The monoisotopic (exact) mass is 482 g/mol. The zero-order valence-corrected chi connectivity index (χ0v) is 19.5. The molecule has 2 N–H and O–H groups in total. The molecule has 1 amide bonds. The molecule has 8 nitrogen and oxygen atoms in total. The van der Waals surface area contributed by atoms with Crippen molar-refractivity contribution in [2.45, 2.75) is 6.04 Å². The summed E-state index contributed by atoms with van der Waals surface area (Å²) in [4.78, 5) is 43.3. The van der Waals surface area contributed by atoms with E-state index < -0.39 is 23.7 Å². The third kappa shape index (κ3) is 3.69. The lowest BCUT2D eigenvalue weighted by Crippen LogP contribution is -2.29. The first-order valence-corrected chi connectivity index (χ1v) is 11.1. The predicted octanol–water partition coefficient (Wildman–Crippen LogP) is 4.59.